The maximum absolute atomic E-state index is 13.1. The Kier molecular flexibility index (Phi) is 3.49. The van der Waals surface area contributed by atoms with Crippen molar-refractivity contribution >= 4 is 5.91 Å². The number of amides is 1. The molecule has 2 aromatic rings. The lowest BCUT2D eigenvalue weighted by molar-refractivity contribution is 0.0949. The van der Waals surface area contributed by atoms with Gasteiger partial charge in [0, 0.05) is 6.04 Å². The lowest BCUT2D eigenvalue weighted by Crippen LogP contribution is -2.26. The van der Waals surface area contributed by atoms with Crippen LogP contribution in [0.4, 0.5) is 4.39 Å². The molecule has 0 saturated heterocycles. The molecule has 110 valence electrons. The van der Waals surface area contributed by atoms with Gasteiger partial charge in [0.15, 0.2) is 0 Å². The third-order valence-electron chi connectivity index (χ3n) is 3.58. The second-order valence-electron chi connectivity index (χ2n) is 5.73. The van der Waals surface area contributed by atoms with Gasteiger partial charge in [0.05, 0.1) is 23.1 Å². The van der Waals surface area contributed by atoms with Gasteiger partial charge >= 0.3 is 0 Å². The van der Waals surface area contributed by atoms with E-state index in [1.54, 1.807) is 23.0 Å². The molecule has 0 atom stereocenters. The van der Waals surface area contributed by atoms with Crippen LogP contribution in [0.5, 0.6) is 0 Å². The minimum atomic E-state index is -0.288. The predicted octanol–water partition coefficient (Wildman–Crippen LogP) is 3.03. The minimum absolute atomic E-state index is 0.0745. The Morgan fingerprint density at radius 1 is 1.33 bits per heavy atom. The molecule has 1 saturated carbocycles. The van der Waals surface area contributed by atoms with Crippen LogP contribution in [0, 0.1) is 5.82 Å². The molecular formula is C16H18FN3O. The van der Waals surface area contributed by atoms with E-state index >= 15 is 0 Å². The first-order valence-corrected chi connectivity index (χ1v) is 7.21. The van der Waals surface area contributed by atoms with E-state index in [1.165, 1.54) is 12.1 Å². The molecule has 1 fully saturated rings. The van der Waals surface area contributed by atoms with Crippen molar-refractivity contribution in [1.29, 1.82) is 0 Å². The zero-order valence-corrected chi connectivity index (χ0v) is 12.1. The van der Waals surface area contributed by atoms with Crippen molar-refractivity contribution < 1.29 is 9.18 Å². The van der Waals surface area contributed by atoms with Crippen molar-refractivity contribution in [3.63, 3.8) is 0 Å². The van der Waals surface area contributed by atoms with Crippen molar-refractivity contribution in [3.05, 3.63) is 47.5 Å². The van der Waals surface area contributed by atoms with Crippen molar-refractivity contribution in [1.82, 2.24) is 15.1 Å². The first-order chi connectivity index (χ1) is 10.1. The molecule has 0 aliphatic heterocycles. The van der Waals surface area contributed by atoms with Crippen LogP contribution in [0.25, 0.3) is 5.69 Å². The highest BCUT2D eigenvalue weighted by Crippen LogP contribution is 2.25. The summed E-state index contributed by atoms with van der Waals surface area (Å²) in [5.74, 6) is -0.226. The minimum Gasteiger partial charge on any atom is -0.349 e. The van der Waals surface area contributed by atoms with Gasteiger partial charge in [-0.1, -0.05) is 13.8 Å². The molecule has 5 heteroatoms. The predicted molar refractivity (Wildman–Crippen MR) is 78.1 cm³/mol. The Morgan fingerprint density at radius 3 is 2.57 bits per heavy atom. The highest BCUT2D eigenvalue weighted by molar-refractivity contribution is 5.95. The molecule has 0 spiro atoms. The summed E-state index contributed by atoms with van der Waals surface area (Å²) in [7, 11) is 0. The van der Waals surface area contributed by atoms with Crippen LogP contribution in [0.1, 0.15) is 48.7 Å². The van der Waals surface area contributed by atoms with Crippen LogP contribution in [0.3, 0.4) is 0 Å². The third kappa shape index (κ3) is 2.82. The maximum Gasteiger partial charge on any atom is 0.255 e. The van der Waals surface area contributed by atoms with E-state index in [-0.39, 0.29) is 17.6 Å². The lowest BCUT2D eigenvalue weighted by Gasteiger charge is -2.12. The zero-order valence-electron chi connectivity index (χ0n) is 12.1. The molecule has 3 rings (SSSR count). The number of benzene rings is 1. The van der Waals surface area contributed by atoms with Crippen LogP contribution in [0.2, 0.25) is 0 Å². The molecule has 1 heterocycles. The molecule has 1 amide bonds. The average Bonchev–Trinajstić information content (AvgIpc) is 3.14. The van der Waals surface area contributed by atoms with E-state index in [0.29, 0.717) is 11.6 Å². The number of nitrogens with zero attached hydrogens (tertiary/aromatic N) is 2. The van der Waals surface area contributed by atoms with Crippen molar-refractivity contribution in [2.75, 3.05) is 0 Å². The van der Waals surface area contributed by atoms with Crippen molar-refractivity contribution in [3.8, 4) is 5.69 Å². The quantitative estimate of drug-likeness (QED) is 0.939. The van der Waals surface area contributed by atoms with Crippen molar-refractivity contribution in [2.45, 2.75) is 38.6 Å². The van der Waals surface area contributed by atoms with Gasteiger partial charge in [-0.15, -0.1) is 0 Å². The van der Waals surface area contributed by atoms with Gasteiger partial charge in [-0.25, -0.2) is 9.07 Å². The van der Waals surface area contributed by atoms with Gasteiger partial charge < -0.3 is 5.32 Å². The molecule has 21 heavy (non-hydrogen) atoms. The molecule has 0 radical (unpaired) electrons. The fraction of sp³-hybridized carbons (Fsp3) is 0.375. The molecule has 1 aromatic heterocycles. The highest BCUT2D eigenvalue weighted by atomic mass is 19.1. The molecule has 1 aliphatic rings. The first-order valence-electron chi connectivity index (χ1n) is 7.21. The number of hydrogen-bond donors (Lipinski definition) is 1. The summed E-state index contributed by atoms with van der Waals surface area (Å²) >= 11 is 0. The highest BCUT2D eigenvalue weighted by Gasteiger charge is 2.27. The van der Waals surface area contributed by atoms with E-state index in [0.717, 1.165) is 24.2 Å². The van der Waals surface area contributed by atoms with E-state index in [2.05, 4.69) is 10.4 Å². The number of rotatable bonds is 4. The summed E-state index contributed by atoms with van der Waals surface area (Å²) < 4.78 is 14.8. The average molecular weight is 287 g/mol. The number of hydrogen-bond acceptors (Lipinski definition) is 2. The monoisotopic (exact) mass is 287 g/mol. The molecule has 4 nitrogen and oxygen atoms in total. The smallest absolute Gasteiger partial charge is 0.255 e. The molecule has 0 unspecified atom stereocenters. The Morgan fingerprint density at radius 2 is 2.00 bits per heavy atom. The summed E-state index contributed by atoms with van der Waals surface area (Å²) in [5.41, 5.74) is 2.20. The van der Waals surface area contributed by atoms with E-state index in [9.17, 15) is 9.18 Å². The largest absolute Gasteiger partial charge is 0.349 e. The topological polar surface area (TPSA) is 46.9 Å². The summed E-state index contributed by atoms with van der Waals surface area (Å²) in [6.45, 7) is 4.04. The van der Waals surface area contributed by atoms with Crippen LogP contribution in [-0.2, 0) is 0 Å². The molecule has 1 aliphatic carbocycles. The number of halogens is 1. The standard InChI is InChI=1S/C16H18FN3O/c1-10(2)15-14(16(21)19-12-5-6-12)9-18-20(15)13-7-3-11(17)4-8-13/h3-4,7-10,12H,5-6H2,1-2H3,(H,19,21). The van der Waals surface area contributed by atoms with Gasteiger partial charge in [-0.05, 0) is 43.0 Å². The maximum atomic E-state index is 13.1. The summed E-state index contributed by atoms with van der Waals surface area (Å²) in [5, 5.41) is 7.31. The van der Waals surface area contributed by atoms with Crippen molar-refractivity contribution in [2.24, 2.45) is 0 Å². The van der Waals surface area contributed by atoms with E-state index < -0.39 is 0 Å². The number of carbonyl (C=O) groups excluding carboxylic acids is 1. The summed E-state index contributed by atoms with van der Waals surface area (Å²) in [6.07, 6.45) is 3.69. The Bertz CT molecular complexity index is 657. The van der Waals surface area contributed by atoms with E-state index in [1.807, 2.05) is 13.8 Å². The lowest BCUT2D eigenvalue weighted by atomic mass is 10.0. The third-order valence-corrected chi connectivity index (χ3v) is 3.58. The molecular weight excluding hydrogens is 269 g/mol. The van der Waals surface area contributed by atoms with Crippen LogP contribution < -0.4 is 5.32 Å². The van der Waals surface area contributed by atoms with Gasteiger partial charge in [-0.2, -0.15) is 5.10 Å². The Balaban J connectivity index is 1.98. The number of carbonyl (C=O) groups is 1. The SMILES string of the molecule is CC(C)c1c(C(=O)NC2CC2)cnn1-c1ccc(F)cc1. The number of nitrogens with one attached hydrogen (secondary N) is 1. The van der Waals surface area contributed by atoms with Crippen LogP contribution in [-0.4, -0.2) is 21.7 Å². The van der Waals surface area contributed by atoms with Crippen LogP contribution in [0.15, 0.2) is 30.5 Å². The fourth-order valence-electron chi connectivity index (χ4n) is 2.37. The molecule has 1 N–H and O–H groups in total. The second-order valence-corrected chi connectivity index (χ2v) is 5.73. The Hall–Kier alpha value is -2.17. The van der Waals surface area contributed by atoms with Gasteiger partial charge in [-0.3, -0.25) is 4.79 Å². The summed E-state index contributed by atoms with van der Waals surface area (Å²) in [6, 6.07) is 6.43. The fourth-order valence-corrected chi connectivity index (χ4v) is 2.37. The van der Waals surface area contributed by atoms with Gasteiger partial charge in [0.1, 0.15) is 5.82 Å². The Labute approximate surface area is 123 Å². The van der Waals surface area contributed by atoms with Gasteiger partial charge in [0.25, 0.3) is 5.91 Å². The second kappa shape index (κ2) is 5.31. The van der Waals surface area contributed by atoms with Crippen LogP contribution >= 0.6 is 0 Å². The normalized spacial score (nSPS) is 14.5. The van der Waals surface area contributed by atoms with Gasteiger partial charge in [0.2, 0.25) is 0 Å². The zero-order chi connectivity index (χ0) is 15.0. The van der Waals surface area contributed by atoms with E-state index in [4.69, 9.17) is 0 Å². The first kappa shape index (κ1) is 13.8. The number of aromatic nitrogens is 2. The molecule has 1 aromatic carbocycles. The molecule has 0 bridgehead atoms. The summed E-state index contributed by atoms with van der Waals surface area (Å²) in [4.78, 5) is 12.3.